The smallest absolute Gasteiger partial charge is 0.269 e. The van der Waals surface area contributed by atoms with E-state index in [0.29, 0.717) is 28.8 Å². The lowest BCUT2D eigenvalue weighted by Gasteiger charge is -2.16. The van der Waals surface area contributed by atoms with Crippen LogP contribution in [0.15, 0.2) is 47.6 Å². The number of anilines is 1. The van der Waals surface area contributed by atoms with E-state index in [0.717, 1.165) is 12.2 Å². The molecule has 0 fully saturated rings. The first-order chi connectivity index (χ1) is 15.8. The molecule has 1 atom stereocenters. The first-order valence-corrected chi connectivity index (χ1v) is 11.7. The fourth-order valence-electron chi connectivity index (χ4n) is 3.28. The van der Waals surface area contributed by atoms with Crippen molar-refractivity contribution < 1.29 is 14.5 Å². The van der Waals surface area contributed by atoms with Gasteiger partial charge in [-0.25, -0.2) is 0 Å². The lowest BCUT2D eigenvalue weighted by Crippen LogP contribution is -2.16. The molecule has 1 heterocycles. The van der Waals surface area contributed by atoms with E-state index in [1.165, 1.54) is 35.5 Å². The molecular weight excluding hydrogens is 442 g/mol. The van der Waals surface area contributed by atoms with Crippen LogP contribution >= 0.6 is 11.8 Å². The summed E-state index contributed by atoms with van der Waals surface area (Å²) in [6.07, 6.45) is 0.661. The van der Waals surface area contributed by atoms with E-state index < -0.39 is 4.92 Å². The van der Waals surface area contributed by atoms with E-state index in [-0.39, 0.29) is 23.5 Å². The summed E-state index contributed by atoms with van der Waals surface area (Å²) in [4.78, 5) is 22.9. The maximum Gasteiger partial charge on any atom is 0.269 e. The number of nitro benzene ring substituents is 1. The zero-order chi connectivity index (χ0) is 24.0. The fraction of sp³-hybridized carbons (Fsp3) is 0.348. The SMILES string of the molecule is CCc1ccc(O[C@H](C)c2nnc(SCC(=O)Nc3ccc([N+](=O)[O-])cc3C)n2CC)cc1. The Kier molecular flexibility index (Phi) is 8.05. The van der Waals surface area contributed by atoms with Gasteiger partial charge in [-0.1, -0.05) is 30.8 Å². The highest BCUT2D eigenvalue weighted by Gasteiger charge is 2.20. The molecule has 3 aromatic rings. The third-order valence-corrected chi connectivity index (χ3v) is 6.06. The number of aromatic nitrogens is 3. The van der Waals surface area contributed by atoms with Gasteiger partial charge in [-0.05, 0) is 56.5 Å². The van der Waals surface area contributed by atoms with E-state index in [9.17, 15) is 14.9 Å². The average molecular weight is 470 g/mol. The number of hydrogen-bond donors (Lipinski definition) is 1. The van der Waals surface area contributed by atoms with Crippen LogP contribution < -0.4 is 10.1 Å². The van der Waals surface area contributed by atoms with Crippen LogP contribution in [-0.2, 0) is 17.8 Å². The van der Waals surface area contributed by atoms with Crippen LogP contribution in [-0.4, -0.2) is 31.3 Å². The normalized spacial score (nSPS) is 11.8. The minimum Gasteiger partial charge on any atom is -0.483 e. The van der Waals surface area contributed by atoms with Crippen LogP contribution in [0.5, 0.6) is 5.75 Å². The zero-order valence-corrected chi connectivity index (χ0v) is 19.9. The molecule has 0 aliphatic rings. The van der Waals surface area contributed by atoms with Gasteiger partial charge >= 0.3 is 0 Å². The maximum atomic E-state index is 12.4. The van der Waals surface area contributed by atoms with Crippen molar-refractivity contribution in [2.45, 2.75) is 51.9 Å². The van der Waals surface area contributed by atoms with Gasteiger partial charge in [-0.3, -0.25) is 14.9 Å². The third-order valence-electron chi connectivity index (χ3n) is 5.10. The van der Waals surface area contributed by atoms with Gasteiger partial charge in [0.1, 0.15) is 5.75 Å². The van der Waals surface area contributed by atoms with E-state index in [1.807, 2.05) is 42.7 Å². The number of benzene rings is 2. The van der Waals surface area contributed by atoms with Gasteiger partial charge in [0, 0.05) is 24.4 Å². The number of non-ortho nitro benzene ring substituents is 1. The summed E-state index contributed by atoms with van der Waals surface area (Å²) < 4.78 is 7.97. The Balaban J connectivity index is 1.62. The summed E-state index contributed by atoms with van der Waals surface area (Å²) in [6.45, 7) is 8.36. The highest BCUT2D eigenvalue weighted by Crippen LogP contribution is 2.26. The van der Waals surface area contributed by atoms with Crippen LogP contribution in [0.1, 0.15) is 43.8 Å². The van der Waals surface area contributed by atoms with Crippen molar-refractivity contribution in [3.05, 3.63) is 69.5 Å². The van der Waals surface area contributed by atoms with Gasteiger partial charge in [0.05, 0.1) is 10.7 Å². The molecule has 0 radical (unpaired) electrons. The number of carbonyl (C=O) groups is 1. The number of ether oxygens (including phenoxy) is 1. The number of nitrogens with one attached hydrogen (secondary N) is 1. The van der Waals surface area contributed by atoms with Crippen LogP contribution in [0.2, 0.25) is 0 Å². The predicted molar refractivity (Wildman–Crippen MR) is 128 cm³/mol. The molecule has 33 heavy (non-hydrogen) atoms. The number of amides is 1. The van der Waals surface area contributed by atoms with Gasteiger partial charge in [0.2, 0.25) is 5.91 Å². The summed E-state index contributed by atoms with van der Waals surface area (Å²) in [5, 5.41) is 22.8. The molecule has 1 N–H and O–H groups in total. The summed E-state index contributed by atoms with van der Waals surface area (Å²) in [5.74, 6) is 1.34. The predicted octanol–water partition coefficient (Wildman–Crippen LogP) is 4.95. The molecule has 2 aromatic carbocycles. The lowest BCUT2D eigenvalue weighted by atomic mass is 10.2. The standard InChI is InChI=1S/C23H27N5O4S/c1-5-17-7-10-19(11-8-17)32-16(4)22-25-26-23(27(22)6-2)33-14-21(29)24-20-12-9-18(28(30)31)13-15(20)3/h7-13,16H,5-6,14H2,1-4H3,(H,24,29)/t16-/m1/s1. The van der Waals surface area contributed by atoms with Gasteiger partial charge in [0.15, 0.2) is 17.1 Å². The summed E-state index contributed by atoms with van der Waals surface area (Å²) in [5.41, 5.74) is 2.40. The van der Waals surface area contributed by atoms with Crippen LogP contribution in [0.25, 0.3) is 0 Å². The van der Waals surface area contributed by atoms with E-state index in [1.54, 1.807) is 6.92 Å². The van der Waals surface area contributed by atoms with Gasteiger partial charge in [0.25, 0.3) is 5.69 Å². The molecule has 3 rings (SSSR count). The second kappa shape index (κ2) is 11.0. The number of thioether (sulfide) groups is 1. The van der Waals surface area contributed by atoms with Crippen molar-refractivity contribution in [3.8, 4) is 5.75 Å². The van der Waals surface area contributed by atoms with Crippen molar-refractivity contribution in [1.82, 2.24) is 14.8 Å². The highest BCUT2D eigenvalue weighted by atomic mass is 32.2. The number of aryl methyl sites for hydroxylation is 2. The lowest BCUT2D eigenvalue weighted by molar-refractivity contribution is -0.384. The van der Waals surface area contributed by atoms with Crippen molar-refractivity contribution in [2.75, 3.05) is 11.1 Å². The minimum atomic E-state index is -0.464. The van der Waals surface area contributed by atoms with Crippen molar-refractivity contribution in [3.63, 3.8) is 0 Å². The Morgan fingerprint density at radius 2 is 1.94 bits per heavy atom. The first kappa shape index (κ1) is 24.2. The molecule has 0 aliphatic heterocycles. The van der Waals surface area contributed by atoms with Gasteiger partial charge < -0.3 is 14.6 Å². The Labute approximate surface area is 196 Å². The maximum absolute atomic E-state index is 12.4. The Morgan fingerprint density at radius 3 is 2.55 bits per heavy atom. The Bertz CT molecular complexity index is 1130. The van der Waals surface area contributed by atoms with E-state index >= 15 is 0 Å². The number of nitro groups is 1. The Hall–Kier alpha value is -3.40. The fourth-order valence-corrected chi connectivity index (χ4v) is 4.09. The summed E-state index contributed by atoms with van der Waals surface area (Å²) in [6, 6.07) is 12.3. The number of hydrogen-bond acceptors (Lipinski definition) is 7. The molecule has 0 aliphatic carbocycles. The molecular formula is C23H27N5O4S. The summed E-state index contributed by atoms with van der Waals surface area (Å²) >= 11 is 1.28. The quantitative estimate of drug-likeness (QED) is 0.254. The zero-order valence-electron chi connectivity index (χ0n) is 19.1. The molecule has 0 unspecified atom stereocenters. The average Bonchev–Trinajstić information content (AvgIpc) is 3.22. The van der Waals surface area contributed by atoms with Crippen LogP contribution in [0, 0.1) is 17.0 Å². The van der Waals surface area contributed by atoms with Crippen molar-refractivity contribution in [1.29, 1.82) is 0 Å². The minimum absolute atomic E-state index is 0.0129. The molecule has 0 spiro atoms. The molecule has 1 amide bonds. The van der Waals surface area contributed by atoms with E-state index in [2.05, 4.69) is 22.4 Å². The Morgan fingerprint density at radius 1 is 1.21 bits per heavy atom. The molecule has 0 saturated carbocycles. The largest absolute Gasteiger partial charge is 0.483 e. The first-order valence-electron chi connectivity index (χ1n) is 10.7. The third kappa shape index (κ3) is 6.10. The van der Waals surface area contributed by atoms with Gasteiger partial charge in [-0.15, -0.1) is 10.2 Å². The van der Waals surface area contributed by atoms with Gasteiger partial charge in [-0.2, -0.15) is 0 Å². The van der Waals surface area contributed by atoms with Crippen molar-refractivity contribution in [2.24, 2.45) is 0 Å². The molecule has 10 heteroatoms. The van der Waals surface area contributed by atoms with E-state index in [4.69, 9.17) is 4.74 Å². The topological polar surface area (TPSA) is 112 Å². The molecule has 174 valence electrons. The number of carbonyl (C=O) groups excluding carboxylic acids is 1. The van der Waals surface area contributed by atoms with Crippen LogP contribution in [0.3, 0.4) is 0 Å². The molecule has 9 nitrogen and oxygen atoms in total. The monoisotopic (exact) mass is 469 g/mol. The molecule has 0 saturated heterocycles. The van der Waals surface area contributed by atoms with Crippen molar-refractivity contribution >= 4 is 29.0 Å². The number of rotatable bonds is 10. The number of nitrogens with zero attached hydrogens (tertiary/aromatic N) is 4. The second-order valence-electron chi connectivity index (χ2n) is 7.44. The summed E-state index contributed by atoms with van der Waals surface area (Å²) in [7, 11) is 0. The molecule has 1 aromatic heterocycles. The second-order valence-corrected chi connectivity index (χ2v) is 8.38. The van der Waals surface area contributed by atoms with Crippen LogP contribution in [0.4, 0.5) is 11.4 Å². The highest BCUT2D eigenvalue weighted by molar-refractivity contribution is 7.99. The molecule has 0 bridgehead atoms.